The molecule has 8 nitrogen and oxygen atoms in total. The minimum Gasteiger partial charge on any atom is -0.489 e. The standard InChI is InChI=1S/C22H23N3O5/c1-15-19(16(2)30-23-15)14-29-18-6-3-5-17(13-18)21(26)24-8-10-25(11-9-24)22(27)20-7-4-12-28-20/h3-7,12-13H,8-11,14H2,1-2H3. The molecule has 8 heteroatoms. The summed E-state index contributed by atoms with van der Waals surface area (Å²) in [6, 6.07) is 10.5. The predicted octanol–water partition coefficient (Wildman–Crippen LogP) is 3.06. The summed E-state index contributed by atoms with van der Waals surface area (Å²) in [6.45, 7) is 5.90. The second-order valence-corrected chi connectivity index (χ2v) is 7.18. The summed E-state index contributed by atoms with van der Waals surface area (Å²) in [4.78, 5) is 28.7. The van der Waals surface area contributed by atoms with Crippen LogP contribution in [-0.4, -0.2) is 52.9 Å². The van der Waals surface area contributed by atoms with E-state index in [1.165, 1.54) is 6.26 Å². The average molecular weight is 409 g/mol. The molecule has 2 aromatic heterocycles. The molecule has 0 radical (unpaired) electrons. The summed E-state index contributed by atoms with van der Waals surface area (Å²) in [5.41, 5.74) is 2.25. The number of hydrogen-bond donors (Lipinski definition) is 0. The van der Waals surface area contributed by atoms with Crippen LogP contribution in [0.4, 0.5) is 0 Å². The van der Waals surface area contributed by atoms with Gasteiger partial charge in [-0.05, 0) is 44.2 Å². The van der Waals surface area contributed by atoms with Gasteiger partial charge in [0.1, 0.15) is 18.1 Å². The van der Waals surface area contributed by atoms with Crippen molar-refractivity contribution in [1.29, 1.82) is 0 Å². The third-order valence-corrected chi connectivity index (χ3v) is 5.23. The molecule has 0 unspecified atom stereocenters. The number of ether oxygens (including phenoxy) is 1. The molecule has 3 aromatic rings. The van der Waals surface area contributed by atoms with Gasteiger partial charge in [0, 0.05) is 31.7 Å². The molecular weight excluding hydrogens is 386 g/mol. The highest BCUT2D eigenvalue weighted by Gasteiger charge is 2.26. The van der Waals surface area contributed by atoms with Crippen LogP contribution in [0.15, 0.2) is 51.6 Å². The summed E-state index contributed by atoms with van der Waals surface area (Å²) in [6.07, 6.45) is 1.48. The van der Waals surface area contributed by atoms with Crippen LogP contribution in [0.3, 0.4) is 0 Å². The van der Waals surface area contributed by atoms with E-state index < -0.39 is 0 Å². The Morgan fingerprint density at radius 2 is 1.77 bits per heavy atom. The van der Waals surface area contributed by atoms with Crippen molar-refractivity contribution in [2.75, 3.05) is 26.2 Å². The number of nitrogens with zero attached hydrogens (tertiary/aromatic N) is 3. The van der Waals surface area contributed by atoms with E-state index in [9.17, 15) is 9.59 Å². The maximum Gasteiger partial charge on any atom is 0.289 e. The van der Waals surface area contributed by atoms with Crippen LogP contribution in [0, 0.1) is 13.8 Å². The highest BCUT2D eigenvalue weighted by Crippen LogP contribution is 2.20. The van der Waals surface area contributed by atoms with Crippen molar-refractivity contribution < 1.29 is 23.3 Å². The molecule has 1 saturated heterocycles. The Morgan fingerprint density at radius 3 is 2.40 bits per heavy atom. The maximum atomic E-state index is 12.9. The lowest BCUT2D eigenvalue weighted by Crippen LogP contribution is -2.50. The minimum atomic E-state index is -0.151. The van der Waals surface area contributed by atoms with Crippen LogP contribution < -0.4 is 4.74 Å². The number of rotatable bonds is 5. The van der Waals surface area contributed by atoms with Gasteiger partial charge >= 0.3 is 0 Å². The number of hydrogen-bond acceptors (Lipinski definition) is 6. The fraction of sp³-hybridized carbons (Fsp3) is 0.318. The van der Waals surface area contributed by atoms with Crippen LogP contribution in [0.2, 0.25) is 0 Å². The quantitative estimate of drug-likeness (QED) is 0.643. The van der Waals surface area contributed by atoms with Crippen LogP contribution in [0.1, 0.15) is 37.9 Å². The lowest BCUT2D eigenvalue weighted by Gasteiger charge is -2.34. The van der Waals surface area contributed by atoms with Gasteiger partial charge in [0.25, 0.3) is 11.8 Å². The second kappa shape index (κ2) is 8.44. The Hall–Kier alpha value is -3.55. The zero-order valence-corrected chi connectivity index (χ0v) is 17.0. The van der Waals surface area contributed by atoms with Gasteiger partial charge in [-0.1, -0.05) is 11.2 Å². The normalized spacial score (nSPS) is 14.1. The molecule has 0 spiro atoms. The highest BCUT2D eigenvalue weighted by molar-refractivity contribution is 5.95. The van der Waals surface area contributed by atoms with Gasteiger partial charge in [-0.2, -0.15) is 0 Å². The lowest BCUT2D eigenvalue weighted by molar-refractivity contribution is 0.0518. The van der Waals surface area contributed by atoms with E-state index in [1.54, 1.807) is 40.1 Å². The third kappa shape index (κ3) is 4.07. The minimum absolute atomic E-state index is 0.0807. The number of benzene rings is 1. The largest absolute Gasteiger partial charge is 0.489 e. The fourth-order valence-electron chi connectivity index (χ4n) is 3.43. The number of aryl methyl sites for hydroxylation is 2. The first-order valence-corrected chi connectivity index (χ1v) is 9.79. The van der Waals surface area contributed by atoms with E-state index in [4.69, 9.17) is 13.7 Å². The zero-order valence-electron chi connectivity index (χ0n) is 17.0. The summed E-state index contributed by atoms with van der Waals surface area (Å²) >= 11 is 0. The number of furan rings is 1. The number of carbonyl (C=O) groups is 2. The van der Waals surface area contributed by atoms with Crippen molar-refractivity contribution in [2.24, 2.45) is 0 Å². The number of piperazine rings is 1. The van der Waals surface area contributed by atoms with E-state index in [2.05, 4.69) is 5.16 Å². The molecule has 1 aliphatic heterocycles. The molecule has 0 bridgehead atoms. The average Bonchev–Trinajstić information content (AvgIpc) is 3.42. The second-order valence-electron chi connectivity index (χ2n) is 7.18. The molecule has 4 rings (SSSR count). The number of carbonyl (C=O) groups excluding carboxylic acids is 2. The van der Waals surface area contributed by atoms with Gasteiger partial charge in [0.15, 0.2) is 5.76 Å². The van der Waals surface area contributed by atoms with Crippen molar-refractivity contribution in [3.8, 4) is 5.75 Å². The van der Waals surface area contributed by atoms with Gasteiger partial charge in [-0.3, -0.25) is 9.59 Å². The first kappa shape index (κ1) is 19.8. The molecule has 156 valence electrons. The highest BCUT2D eigenvalue weighted by atomic mass is 16.5. The van der Waals surface area contributed by atoms with Crippen LogP contribution in [-0.2, 0) is 6.61 Å². The third-order valence-electron chi connectivity index (χ3n) is 5.23. The van der Waals surface area contributed by atoms with E-state index in [1.807, 2.05) is 19.9 Å². The molecular formula is C22H23N3O5. The Kier molecular flexibility index (Phi) is 5.56. The Balaban J connectivity index is 1.36. The van der Waals surface area contributed by atoms with Gasteiger partial charge in [0.05, 0.1) is 17.5 Å². The van der Waals surface area contributed by atoms with Gasteiger partial charge in [-0.15, -0.1) is 0 Å². The van der Waals surface area contributed by atoms with Crippen molar-refractivity contribution in [3.05, 3.63) is 71.0 Å². The molecule has 30 heavy (non-hydrogen) atoms. The van der Waals surface area contributed by atoms with E-state index >= 15 is 0 Å². The zero-order chi connectivity index (χ0) is 21.1. The Labute approximate surface area is 174 Å². The maximum absolute atomic E-state index is 12.9. The van der Waals surface area contributed by atoms with Crippen LogP contribution >= 0.6 is 0 Å². The summed E-state index contributed by atoms with van der Waals surface area (Å²) in [7, 11) is 0. The molecule has 2 amide bonds. The predicted molar refractivity (Wildman–Crippen MR) is 107 cm³/mol. The molecule has 1 aliphatic rings. The molecule has 0 atom stereocenters. The van der Waals surface area contributed by atoms with Gasteiger partial charge < -0.3 is 23.5 Å². The molecule has 0 saturated carbocycles. The summed E-state index contributed by atoms with van der Waals surface area (Å²) in [5, 5.41) is 3.92. The van der Waals surface area contributed by atoms with Crippen LogP contribution in [0.25, 0.3) is 0 Å². The van der Waals surface area contributed by atoms with Crippen LogP contribution in [0.5, 0.6) is 5.75 Å². The molecule has 1 aromatic carbocycles. The number of amides is 2. The first-order valence-electron chi connectivity index (χ1n) is 9.79. The van der Waals surface area contributed by atoms with E-state index in [0.717, 1.165) is 17.0 Å². The van der Waals surface area contributed by atoms with E-state index in [0.29, 0.717) is 49.9 Å². The van der Waals surface area contributed by atoms with Gasteiger partial charge in [0.2, 0.25) is 0 Å². The van der Waals surface area contributed by atoms with Gasteiger partial charge in [-0.25, -0.2) is 0 Å². The monoisotopic (exact) mass is 409 g/mol. The van der Waals surface area contributed by atoms with E-state index in [-0.39, 0.29) is 11.8 Å². The topological polar surface area (TPSA) is 89.0 Å². The molecule has 1 fully saturated rings. The molecule has 3 heterocycles. The molecule has 0 aliphatic carbocycles. The number of aromatic nitrogens is 1. The smallest absolute Gasteiger partial charge is 0.289 e. The van der Waals surface area contributed by atoms with Crippen molar-refractivity contribution in [1.82, 2.24) is 15.0 Å². The fourth-order valence-corrected chi connectivity index (χ4v) is 3.43. The Morgan fingerprint density at radius 1 is 1.03 bits per heavy atom. The van der Waals surface area contributed by atoms with Crippen molar-refractivity contribution >= 4 is 11.8 Å². The van der Waals surface area contributed by atoms with Crippen molar-refractivity contribution in [2.45, 2.75) is 20.5 Å². The van der Waals surface area contributed by atoms with Crippen molar-refractivity contribution in [3.63, 3.8) is 0 Å². The first-order chi connectivity index (χ1) is 14.5. The Bertz CT molecular complexity index is 1010. The lowest BCUT2D eigenvalue weighted by atomic mass is 10.1. The summed E-state index contributed by atoms with van der Waals surface area (Å²) in [5.74, 6) is 1.41. The summed E-state index contributed by atoms with van der Waals surface area (Å²) < 4.78 is 16.2. The molecule has 0 N–H and O–H groups in total. The SMILES string of the molecule is Cc1noc(C)c1COc1cccc(C(=O)N2CCN(C(=O)c3ccco3)CC2)c1.